The summed E-state index contributed by atoms with van der Waals surface area (Å²) >= 11 is 3.51. The van der Waals surface area contributed by atoms with E-state index in [2.05, 4.69) is 34.4 Å². The molecule has 0 amide bonds. The van der Waals surface area contributed by atoms with Crippen LogP contribution in [-0.4, -0.2) is 79.5 Å². The molecule has 0 saturated carbocycles. The monoisotopic (exact) mass is 330 g/mol. The smallest absolute Gasteiger partial charge is 0.0757 e. The average molecular weight is 331 g/mol. The van der Waals surface area contributed by atoms with Crippen LogP contribution in [0.15, 0.2) is 17.5 Å². The highest BCUT2D eigenvalue weighted by atomic mass is 32.2. The van der Waals surface area contributed by atoms with E-state index in [9.17, 15) is 5.11 Å². The van der Waals surface area contributed by atoms with Gasteiger partial charge >= 0.3 is 0 Å². The highest BCUT2D eigenvalue weighted by molar-refractivity contribution is 7.98. The quantitative estimate of drug-likeness (QED) is 0.786. The van der Waals surface area contributed by atoms with Crippen molar-refractivity contribution in [2.24, 2.45) is 0 Å². The van der Waals surface area contributed by atoms with Crippen molar-refractivity contribution in [3.05, 3.63) is 22.4 Å². The normalized spacial score (nSPS) is 19.8. The molecule has 0 bridgehead atoms. The number of rotatable bonds is 8. The van der Waals surface area contributed by atoms with Crippen molar-refractivity contribution in [1.82, 2.24) is 9.80 Å². The molecule has 1 fully saturated rings. The summed E-state index contributed by atoms with van der Waals surface area (Å²) in [6.45, 7) is 5.30. The molecule has 1 aliphatic rings. The summed E-state index contributed by atoms with van der Waals surface area (Å²) in [5, 5.41) is 12.1. The van der Waals surface area contributed by atoms with Gasteiger partial charge in [0.1, 0.15) is 0 Å². The molecular weight excluding hydrogens is 304 g/mol. The van der Waals surface area contributed by atoms with Crippen LogP contribution in [0, 0.1) is 0 Å². The van der Waals surface area contributed by atoms with Crippen molar-refractivity contribution in [1.29, 1.82) is 0 Å². The van der Waals surface area contributed by atoms with Crippen LogP contribution >= 0.6 is 23.1 Å². The molecule has 1 saturated heterocycles. The van der Waals surface area contributed by atoms with Crippen LogP contribution in [0.3, 0.4) is 0 Å². The molecule has 2 rings (SSSR count). The molecule has 1 aromatic rings. The molecule has 2 atom stereocenters. The van der Waals surface area contributed by atoms with Gasteiger partial charge in [-0.2, -0.15) is 11.8 Å². The summed E-state index contributed by atoms with van der Waals surface area (Å²) in [6, 6.07) is 4.74. The minimum absolute atomic E-state index is 0.251. The lowest BCUT2D eigenvalue weighted by molar-refractivity contribution is 0.00765. The second-order valence-electron chi connectivity index (χ2n) is 5.51. The lowest BCUT2D eigenvalue weighted by atomic mass is 10.1. The zero-order valence-corrected chi connectivity index (χ0v) is 14.5. The Labute approximate surface area is 136 Å². The predicted octanol–water partition coefficient (Wildman–Crippen LogP) is 1.78. The summed E-state index contributed by atoms with van der Waals surface area (Å²) in [5.74, 6) is 0.797. The summed E-state index contributed by atoms with van der Waals surface area (Å²) in [4.78, 5) is 6.16. The van der Waals surface area contributed by atoms with Crippen molar-refractivity contribution in [2.75, 3.05) is 58.4 Å². The Bertz CT molecular complexity index is 383. The maximum absolute atomic E-state index is 9.98. The van der Waals surface area contributed by atoms with Crippen molar-refractivity contribution >= 4 is 23.1 Å². The molecule has 1 aromatic heterocycles. The zero-order chi connectivity index (χ0) is 15.1. The van der Waals surface area contributed by atoms with Crippen LogP contribution in [0.2, 0.25) is 0 Å². The first-order valence-corrected chi connectivity index (χ1v) is 9.68. The molecule has 0 aliphatic carbocycles. The number of likely N-dealkylation sites (N-methyl/N-ethyl adjacent to an activating group) is 1. The third-order valence-electron chi connectivity index (χ3n) is 3.72. The largest absolute Gasteiger partial charge is 0.391 e. The Kier molecular flexibility index (Phi) is 7.49. The van der Waals surface area contributed by atoms with Gasteiger partial charge in [0.25, 0.3) is 0 Å². The number of thioether (sulfide) groups is 1. The van der Waals surface area contributed by atoms with Gasteiger partial charge in [0.05, 0.1) is 25.4 Å². The van der Waals surface area contributed by atoms with E-state index in [0.717, 1.165) is 45.1 Å². The maximum Gasteiger partial charge on any atom is 0.0757 e. The van der Waals surface area contributed by atoms with Gasteiger partial charge < -0.3 is 14.7 Å². The molecule has 0 radical (unpaired) electrons. The van der Waals surface area contributed by atoms with E-state index in [4.69, 9.17) is 4.74 Å². The van der Waals surface area contributed by atoms with E-state index in [0.29, 0.717) is 6.04 Å². The molecular formula is C15H26N2O2S2. The van der Waals surface area contributed by atoms with E-state index in [1.54, 1.807) is 11.8 Å². The van der Waals surface area contributed by atoms with Crippen LogP contribution < -0.4 is 0 Å². The minimum atomic E-state index is -0.251. The molecule has 120 valence electrons. The number of morpholine rings is 1. The van der Waals surface area contributed by atoms with Gasteiger partial charge in [0.2, 0.25) is 0 Å². The summed E-state index contributed by atoms with van der Waals surface area (Å²) in [7, 11) is 2.10. The van der Waals surface area contributed by atoms with Crippen LogP contribution in [0.4, 0.5) is 0 Å². The predicted molar refractivity (Wildman–Crippen MR) is 91.3 cm³/mol. The van der Waals surface area contributed by atoms with Crippen molar-refractivity contribution in [3.8, 4) is 0 Å². The van der Waals surface area contributed by atoms with Crippen molar-refractivity contribution < 1.29 is 9.84 Å². The van der Waals surface area contributed by atoms with Crippen LogP contribution in [-0.2, 0) is 4.74 Å². The highest BCUT2D eigenvalue weighted by Gasteiger charge is 2.25. The summed E-state index contributed by atoms with van der Waals surface area (Å²) < 4.78 is 5.47. The van der Waals surface area contributed by atoms with E-state index >= 15 is 0 Å². The number of hydrogen-bond acceptors (Lipinski definition) is 6. The van der Waals surface area contributed by atoms with Gasteiger partial charge in [0.15, 0.2) is 0 Å². The molecule has 2 unspecified atom stereocenters. The number of aliphatic hydroxyl groups is 1. The lowest BCUT2D eigenvalue weighted by Gasteiger charge is -2.36. The molecule has 6 heteroatoms. The van der Waals surface area contributed by atoms with Crippen molar-refractivity contribution in [2.45, 2.75) is 12.1 Å². The maximum atomic E-state index is 9.98. The molecule has 1 N–H and O–H groups in total. The standard InChI is InChI=1S/C15H26N2O2S2/c1-16(10-13(18)12-20-2)11-14(15-4-3-9-21-15)17-5-7-19-8-6-17/h3-4,9,13-14,18H,5-8,10-12H2,1-2H3. The first-order chi connectivity index (χ1) is 10.2. The fourth-order valence-electron chi connectivity index (χ4n) is 2.73. The topological polar surface area (TPSA) is 35.9 Å². The molecule has 4 nitrogen and oxygen atoms in total. The second kappa shape index (κ2) is 9.12. The molecule has 0 spiro atoms. The van der Waals surface area contributed by atoms with Gasteiger partial charge in [-0.15, -0.1) is 11.3 Å². The first kappa shape index (κ1) is 17.2. The average Bonchev–Trinajstić information content (AvgIpc) is 3.00. The number of hydrogen-bond donors (Lipinski definition) is 1. The third kappa shape index (κ3) is 5.54. The number of ether oxygens (including phenoxy) is 1. The number of nitrogens with zero attached hydrogens (tertiary/aromatic N) is 2. The zero-order valence-electron chi connectivity index (χ0n) is 12.9. The van der Waals surface area contributed by atoms with Crippen LogP contribution in [0.25, 0.3) is 0 Å². The molecule has 21 heavy (non-hydrogen) atoms. The Balaban J connectivity index is 1.95. The summed E-state index contributed by atoms with van der Waals surface area (Å²) in [5.41, 5.74) is 0. The highest BCUT2D eigenvalue weighted by Crippen LogP contribution is 2.26. The number of thiophene rings is 1. The van der Waals surface area contributed by atoms with E-state index in [-0.39, 0.29) is 6.10 Å². The first-order valence-electron chi connectivity index (χ1n) is 7.41. The van der Waals surface area contributed by atoms with Gasteiger partial charge in [-0.3, -0.25) is 4.90 Å². The SMILES string of the molecule is CSCC(O)CN(C)CC(c1cccs1)N1CCOCC1. The van der Waals surface area contributed by atoms with Gasteiger partial charge in [-0.25, -0.2) is 0 Å². The van der Waals surface area contributed by atoms with Crippen LogP contribution in [0.5, 0.6) is 0 Å². The van der Waals surface area contributed by atoms with Gasteiger partial charge in [0, 0.05) is 36.8 Å². The van der Waals surface area contributed by atoms with E-state index in [1.807, 2.05) is 17.6 Å². The fourth-order valence-corrected chi connectivity index (χ4v) is 4.07. The van der Waals surface area contributed by atoms with E-state index in [1.165, 1.54) is 4.88 Å². The lowest BCUT2D eigenvalue weighted by Crippen LogP contribution is -2.44. The Hall–Kier alpha value is -0.110. The van der Waals surface area contributed by atoms with Gasteiger partial charge in [-0.1, -0.05) is 6.07 Å². The Morgan fingerprint density at radius 2 is 2.19 bits per heavy atom. The fraction of sp³-hybridized carbons (Fsp3) is 0.733. The third-order valence-corrected chi connectivity index (χ3v) is 5.42. The number of aliphatic hydroxyl groups excluding tert-OH is 1. The molecule has 0 aromatic carbocycles. The Morgan fingerprint density at radius 1 is 1.43 bits per heavy atom. The van der Waals surface area contributed by atoms with Gasteiger partial charge in [-0.05, 0) is 24.7 Å². The Morgan fingerprint density at radius 3 is 2.81 bits per heavy atom. The second-order valence-corrected chi connectivity index (χ2v) is 7.40. The van der Waals surface area contributed by atoms with Crippen LogP contribution in [0.1, 0.15) is 10.9 Å². The van der Waals surface area contributed by atoms with Crippen molar-refractivity contribution in [3.63, 3.8) is 0 Å². The molecule has 1 aliphatic heterocycles. The van der Waals surface area contributed by atoms with E-state index < -0.39 is 0 Å². The minimum Gasteiger partial charge on any atom is -0.391 e. The molecule has 2 heterocycles. The summed E-state index contributed by atoms with van der Waals surface area (Å²) in [6.07, 6.45) is 1.78.